The van der Waals surface area contributed by atoms with Crippen LogP contribution in [0.2, 0.25) is 0 Å². The zero-order valence-corrected chi connectivity index (χ0v) is 24.5. The molecule has 2 rings (SSSR count). The van der Waals surface area contributed by atoms with E-state index in [0.29, 0.717) is 13.1 Å². The van der Waals surface area contributed by atoms with Crippen LogP contribution in [0.5, 0.6) is 5.75 Å². The molecule has 5 heteroatoms. The number of aromatic nitrogens is 1. The normalized spacial score (nSPS) is 10.6. The molecule has 0 fully saturated rings. The number of hydrogen-bond donors (Lipinski definition) is 0. The minimum absolute atomic E-state index is 0. The zero-order valence-electron chi connectivity index (χ0n) is 22.3. The first kappa shape index (κ1) is 31.4. The number of halogens is 1. The first-order valence-electron chi connectivity index (χ1n) is 13.5. The highest BCUT2D eigenvalue weighted by atomic mass is 127. The second-order valence-corrected chi connectivity index (χ2v) is 9.63. The van der Waals surface area contributed by atoms with E-state index >= 15 is 0 Å². The van der Waals surface area contributed by atoms with E-state index in [4.69, 9.17) is 4.74 Å². The molecule has 2 aromatic rings. The van der Waals surface area contributed by atoms with Gasteiger partial charge in [0.1, 0.15) is 12.8 Å². The number of nitrogens with zero attached hydrogens (tertiary/aromatic N) is 2. The summed E-state index contributed by atoms with van der Waals surface area (Å²) in [4.78, 5) is 14.0. The molecule has 1 heterocycles. The van der Waals surface area contributed by atoms with E-state index in [1.165, 1.54) is 70.6 Å². The third kappa shape index (κ3) is 14.5. The molecule has 0 saturated heterocycles. The quantitative estimate of drug-likeness (QED) is 0.148. The van der Waals surface area contributed by atoms with Gasteiger partial charge in [-0.15, -0.1) is 0 Å². The number of amides is 1. The SMILES string of the molecule is CCCCCCCCCCCCCCOc1ccc(CN(Cc2cc[n+](C)cc2)C(C)=O)cc1.[I-]. The highest BCUT2D eigenvalue weighted by Crippen LogP contribution is 2.16. The van der Waals surface area contributed by atoms with Gasteiger partial charge in [0.25, 0.3) is 0 Å². The van der Waals surface area contributed by atoms with Crippen molar-refractivity contribution < 1.29 is 38.1 Å². The fourth-order valence-corrected chi connectivity index (χ4v) is 4.18. The summed E-state index contributed by atoms with van der Waals surface area (Å²) >= 11 is 0. The Hall–Kier alpha value is -1.63. The smallest absolute Gasteiger partial charge is 0.220 e. The summed E-state index contributed by atoms with van der Waals surface area (Å²) in [6, 6.07) is 12.3. The molecule has 1 amide bonds. The van der Waals surface area contributed by atoms with Crippen molar-refractivity contribution in [3.63, 3.8) is 0 Å². The Kier molecular flexibility index (Phi) is 17.5. The maximum Gasteiger partial charge on any atom is 0.220 e. The zero-order chi connectivity index (χ0) is 24.4. The van der Waals surface area contributed by atoms with Crippen LogP contribution in [0.3, 0.4) is 0 Å². The van der Waals surface area contributed by atoms with Crippen molar-refractivity contribution in [2.75, 3.05) is 6.61 Å². The Morgan fingerprint density at radius 3 is 1.69 bits per heavy atom. The number of pyridine rings is 1. The Balaban J connectivity index is 0.00000612. The number of benzene rings is 1. The van der Waals surface area contributed by atoms with Gasteiger partial charge in [0.05, 0.1) is 6.61 Å². The molecule has 4 nitrogen and oxygen atoms in total. The summed E-state index contributed by atoms with van der Waals surface area (Å²) in [6.45, 7) is 5.92. The van der Waals surface area contributed by atoms with Crippen molar-refractivity contribution in [1.82, 2.24) is 4.90 Å². The number of carbonyl (C=O) groups is 1. The third-order valence-electron chi connectivity index (χ3n) is 6.43. The van der Waals surface area contributed by atoms with Crippen molar-refractivity contribution in [1.29, 1.82) is 0 Å². The van der Waals surface area contributed by atoms with Crippen molar-refractivity contribution in [3.8, 4) is 5.75 Å². The lowest BCUT2D eigenvalue weighted by atomic mass is 10.1. The number of aryl methyl sites for hydroxylation is 1. The van der Waals surface area contributed by atoms with Crippen LogP contribution >= 0.6 is 0 Å². The summed E-state index contributed by atoms with van der Waals surface area (Å²) in [5.41, 5.74) is 2.25. The molecule has 0 spiro atoms. The van der Waals surface area contributed by atoms with E-state index in [-0.39, 0.29) is 29.9 Å². The second-order valence-electron chi connectivity index (χ2n) is 9.63. The first-order chi connectivity index (χ1) is 16.6. The van der Waals surface area contributed by atoms with Gasteiger partial charge in [-0.25, -0.2) is 4.57 Å². The molecule has 35 heavy (non-hydrogen) atoms. The number of rotatable bonds is 18. The monoisotopic (exact) mass is 594 g/mol. The van der Waals surface area contributed by atoms with Gasteiger partial charge in [-0.2, -0.15) is 0 Å². The molecule has 1 aromatic heterocycles. The maximum atomic E-state index is 12.1. The van der Waals surface area contributed by atoms with E-state index in [9.17, 15) is 4.79 Å². The Labute approximate surface area is 231 Å². The highest BCUT2D eigenvalue weighted by molar-refractivity contribution is 5.73. The van der Waals surface area contributed by atoms with Crippen molar-refractivity contribution in [2.45, 2.75) is 104 Å². The van der Waals surface area contributed by atoms with Gasteiger partial charge < -0.3 is 33.6 Å². The summed E-state index contributed by atoms with van der Waals surface area (Å²) < 4.78 is 7.93. The van der Waals surface area contributed by atoms with Gasteiger partial charge in [0.2, 0.25) is 5.91 Å². The van der Waals surface area contributed by atoms with E-state index in [1.54, 1.807) is 6.92 Å². The lowest BCUT2D eigenvalue weighted by Crippen LogP contribution is -3.00. The van der Waals surface area contributed by atoms with Crippen LogP contribution in [0.15, 0.2) is 48.8 Å². The molecule has 0 radical (unpaired) electrons. The van der Waals surface area contributed by atoms with Crippen molar-refractivity contribution in [3.05, 3.63) is 59.9 Å². The Bertz CT molecular complexity index is 793. The standard InChI is InChI=1S/C30H47N2O2.HI/c1-4-5-6-7-8-9-10-11-12-13-14-15-24-34-30-18-16-28(17-19-30)25-32(27(2)33)26-29-20-22-31(3)23-21-29;/h16-23H,4-15,24-26H2,1-3H3;1H/q+1;/p-1. The number of ether oxygens (including phenoxy) is 1. The first-order valence-corrected chi connectivity index (χ1v) is 13.5. The molecule has 0 atom stereocenters. The number of carbonyl (C=O) groups excluding carboxylic acids is 1. The molecule has 0 bridgehead atoms. The topological polar surface area (TPSA) is 33.4 Å². The molecule has 0 aliphatic carbocycles. The molecule has 196 valence electrons. The van der Waals surface area contributed by atoms with Gasteiger partial charge in [-0.05, 0) is 29.7 Å². The molecule has 1 aromatic carbocycles. The molecule has 0 saturated carbocycles. The highest BCUT2D eigenvalue weighted by Gasteiger charge is 2.11. The van der Waals surface area contributed by atoms with Crippen LogP contribution in [-0.4, -0.2) is 17.4 Å². The molecular weight excluding hydrogens is 547 g/mol. The Morgan fingerprint density at radius 1 is 0.743 bits per heavy atom. The van der Waals surface area contributed by atoms with Gasteiger partial charge in [0, 0.05) is 32.1 Å². The molecule has 0 N–H and O–H groups in total. The molecule has 0 unspecified atom stereocenters. The minimum atomic E-state index is 0. The average molecular weight is 595 g/mol. The predicted octanol–water partition coefficient (Wildman–Crippen LogP) is 4.14. The second kappa shape index (κ2) is 19.5. The van der Waals surface area contributed by atoms with E-state index < -0.39 is 0 Å². The van der Waals surface area contributed by atoms with Gasteiger partial charge in [0.15, 0.2) is 12.4 Å². The molecule has 0 aliphatic heterocycles. The summed E-state index contributed by atoms with van der Waals surface area (Å²) in [7, 11) is 1.99. The predicted molar refractivity (Wildman–Crippen MR) is 141 cm³/mol. The van der Waals surface area contributed by atoms with Crippen LogP contribution in [0.1, 0.15) is 102 Å². The van der Waals surface area contributed by atoms with Crippen LogP contribution in [-0.2, 0) is 24.9 Å². The maximum absolute atomic E-state index is 12.1. The van der Waals surface area contributed by atoms with Gasteiger partial charge >= 0.3 is 0 Å². The Morgan fingerprint density at radius 2 is 1.20 bits per heavy atom. The number of unbranched alkanes of at least 4 members (excludes halogenated alkanes) is 11. The minimum Gasteiger partial charge on any atom is -1.00 e. The van der Waals surface area contributed by atoms with Crippen LogP contribution in [0.4, 0.5) is 0 Å². The summed E-state index contributed by atoms with van der Waals surface area (Å²) in [5, 5.41) is 0. The van der Waals surface area contributed by atoms with Crippen molar-refractivity contribution in [2.24, 2.45) is 7.05 Å². The van der Waals surface area contributed by atoms with Crippen LogP contribution in [0, 0.1) is 0 Å². The summed E-state index contributed by atoms with van der Waals surface area (Å²) in [5.74, 6) is 0.997. The van der Waals surface area contributed by atoms with E-state index in [2.05, 4.69) is 31.2 Å². The van der Waals surface area contributed by atoms with Crippen LogP contribution in [0.25, 0.3) is 0 Å². The fraction of sp³-hybridized carbons (Fsp3) is 0.600. The van der Waals surface area contributed by atoms with Crippen molar-refractivity contribution >= 4 is 5.91 Å². The van der Waals surface area contributed by atoms with E-state index in [0.717, 1.165) is 29.9 Å². The van der Waals surface area contributed by atoms with Gasteiger partial charge in [-0.3, -0.25) is 4.79 Å². The average Bonchev–Trinajstić information content (AvgIpc) is 2.84. The number of hydrogen-bond acceptors (Lipinski definition) is 2. The van der Waals surface area contributed by atoms with Crippen LogP contribution < -0.4 is 33.3 Å². The molecular formula is C30H47IN2O2. The lowest BCUT2D eigenvalue weighted by molar-refractivity contribution is -0.671. The molecule has 0 aliphatic rings. The summed E-state index contributed by atoms with van der Waals surface area (Å²) in [6.07, 6.45) is 20.3. The lowest BCUT2D eigenvalue weighted by Gasteiger charge is -2.21. The largest absolute Gasteiger partial charge is 1.00 e. The fourth-order valence-electron chi connectivity index (χ4n) is 4.18. The van der Waals surface area contributed by atoms with E-state index in [1.807, 2.05) is 41.0 Å². The van der Waals surface area contributed by atoms with Gasteiger partial charge in [-0.1, -0.05) is 89.7 Å². The third-order valence-corrected chi connectivity index (χ3v) is 6.43.